The zero-order valence-corrected chi connectivity index (χ0v) is 21.4. The van der Waals surface area contributed by atoms with Crippen molar-refractivity contribution in [3.8, 4) is 17.1 Å². The highest BCUT2D eigenvalue weighted by atomic mass is 16.6. The van der Waals surface area contributed by atoms with Crippen LogP contribution in [0.1, 0.15) is 40.0 Å². The molecule has 0 bridgehead atoms. The van der Waals surface area contributed by atoms with E-state index in [1.807, 2.05) is 56.1 Å². The van der Waals surface area contributed by atoms with Crippen molar-refractivity contribution in [1.29, 1.82) is 0 Å². The summed E-state index contributed by atoms with van der Waals surface area (Å²) in [5, 5.41) is 1.17. The fraction of sp³-hybridized carbons (Fsp3) is 0.379. The highest BCUT2D eigenvalue weighted by molar-refractivity contribution is 5.95. The summed E-state index contributed by atoms with van der Waals surface area (Å²) < 4.78 is 10.0. The number of fused-ring (bicyclic) bond motifs is 1. The number of nitrogen functional groups attached to an aromatic ring is 1. The van der Waals surface area contributed by atoms with E-state index in [2.05, 4.69) is 45.8 Å². The monoisotopic (exact) mass is 485 g/mol. The molecule has 188 valence electrons. The summed E-state index contributed by atoms with van der Waals surface area (Å²) in [5.74, 6) is 1.56. The molecule has 5 rings (SSSR count). The number of anilines is 1. The van der Waals surface area contributed by atoms with E-state index in [9.17, 15) is 4.79 Å². The Morgan fingerprint density at radius 1 is 1.08 bits per heavy atom. The smallest absolute Gasteiger partial charge is 0.410 e. The van der Waals surface area contributed by atoms with Gasteiger partial charge in [0.05, 0.1) is 5.52 Å². The Morgan fingerprint density at radius 3 is 2.53 bits per heavy atom. The molecule has 3 heterocycles. The lowest BCUT2D eigenvalue weighted by Gasteiger charge is -2.33. The molecule has 4 aromatic rings. The molecule has 0 radical (unpaired) electrons. The molecule has 0 spiro atoms. The molecule has 0 unspecified atom stereocenters. The van der Waals surface area contributed by atoms with Crippen LogP contribution in [-0.2, 0) is 11.3 Å². The second-order valence-corrected chi connectivity index (χ2v) is 10.7. The number of likely N-dealkylation sites (tertiary alicyclic amines) is 1. The van der Waals surface area contributed by atoms with Gasteiger partial charge in [-0.15, -0.1) is 0 Å². The molecular weight excluding hydrogens is 450 g/mol. The lowest BCUT2D eigenvalue weighted by Crippen LogP contribution is -2.41. The van der Waals surface area contributed by atoms with E-state index in [4.69, 9.17) is 15.5 Å². The quantitative estimate of drug-likeness (QED) is 0.346. The Hall–Kier alpha value is -3.74. The van der Waals surface area contributed by atoms with Crippen LogP contribution < -0.4 is 5.73 Å². The van der Waals surface area contributed by atoms with E-state index in [0.717, 1.165) is 67.2 Å². The minimum absolute atomic E-state index is 0.199. The molecule has 2 N–H and O–H groups in total. The first-order valence-electron chi connectivity index (χ1n) is 12.7. The highest BCUT2D eigenvalue weighted by Gasteiger charge is 2.27. The number of ether oxygens (including phenoxy) is 1. The maximum absolute atomic E-state index is 12.4. The summed E-state index contributed by atoms with van der Waals surface area (Å²) in [4.78, 5) is 19.0. The van der Waals surface area contributed by atoms with Crippen molar-refractivity contribution in [2.24, 2.45) is 5.92 Å². The Labute approximate surface area is 212 Å². The van der Waals surface area contributed by atoms with E-state index in [0.29, 0.717) is 5.92 Å². The second-order valence-electron chi connectivity index (χ2n) is 10.7. The Kier molecular flexibility index (Phi) is 6.48. The van der Waals surface area contributed by atoms with Crippen molar-refractivity contribution in [2.75, 3.05) is 18.8 Å². The van der Waals surface area contributed by atoms with E-state index < -0.39 is 5.60 Å². The van der Waals surface area contributed by atoms with Gasteiger partial charge >= 0.3 is 6.09 Å². The van der Waals surface area contributed by atoms with Gasteiger partial charge in [0, 0.05) is 60.5 Å². The van der Waals surface area contributed by atoms with Gasteiger partial charge in [0.1, 0.15) is 11.4 Å². The van der Waals surface area contributed by atoms with Gasteiger partial charge in [0.15, 0.2) is 0 Å². The van der Waals surface area contributed by atoms with Crippen LogP contribution in [0, 0.1) is 5.92 Å². The summed E-state index contributed by atoms with van der Waals surface area (Å²) >= 11 is 0. The number of nitrogens with two attached hydrogens (primary N) is 1. The van der Waals surface area contributed by atoms with Gasteiger partial charge < -0.3 is 24.5 Å². The third kappa shape index (κ3) is 5.10. The maximum atomic E-state index is 12.4. The molecule has 0 atom stereocenters. The molecule has 2 aromatic carbocycles. The summed E-state index contributed by atoms with van der Waals surface area (Å²) in [7, 11) is 0. The fourth-order valence-corrected chi connectivity index (χ4v) is 4.99. The topological polar surface area (TPSA) is 78.3 Å². The maximum Gasteiger partial charge on any atom is 0.410 e. The third-order valence-corrected chi connectivity index (χ3v) is 6.88. The summed E-state index contributed by atoms with van der Waals surface area (Å²) in [6.07, 6.45) is 8.99. The number of carbonyl (C=O) groups is 1. The van der Waals surface area contributed by atoms with Crippen molar-refractivity contribution in [3.63, 3.8) is 0 Å². The first-order valence-corrected chi connectivity index (χ1v) is 12.7. The van der Waals surface area contributed by atoms with Crippen LogP contribution in [-0.4, -0.2) is 43.8 Å². The largest absolute Gasteiger partial charge is 0.444 e. The number of aromatic nitrogens is 3. The molecule has 7 heteroatoms. The number of hydrogen-bond donors (Lipinski definition) is 1. The average Bonchev–Trinajstić information content (AvgIpc) is 3.47. The van der Waals surface area contributed by atoms with Crippen molar-refractivity contribution in [3.05, 3.63) is 67.1 Å². The van der Waals surface area contributed by atoms with Gasteiger partial charge in [0.2, 0.25) is 0 Å². The molecule has 1 saturated heterocycles. The molecule has 0 saturated carbocycles. The van der Waals surface area contributed by atoms with E-state index >= 15 is 0 Å². The third-order valence-electron chi connectivity index (χ3n) is 6.88. The number of amides is 1. The number of nitrogens with zero attached hydrogens (tertiary/aromatic N) is 4. The van der Waals surface area contributed by atoms with E-state index in [1.54, 1.807) is 0 Å². The van der Waals surface area contributed by atoms with Crippen LogP contribution in [0.25, 0.3) is 28.0 Å². The van der Waals surface area contributed by atoms with Crippen LogP contribution in [0.2, 0.25) is 0 Å². The van der Waals surface area contributed by atoms with Crippen molar-refractivity contribution >= 4 is 22.7 Å². The Bertz CT molecular complexity index is 1340. The molecular formula is C29H35N5O2. The normalized spacial score (nSPS) is 14.9. The number of carbonyl (C=O) groups excluding carboxylic acids is 1. The predicted octanol–water partition coefficient (Wildman–Crippen LogP) is 6.11. The first-order chi connectivity index (χ1) is 17.3. The number of aryl methyl sites for hydroxylation is 1. The summed E-state index contributed by atoms with van der Waals surface area (Å²) in [6.45, 7) is 8.14. The van der Waals surface area contributed by atoms with Crippen molar-refractivity contribution in [2.45, 2.75) is 52.2 Å². The lowest BCUT2D eigenvalue weighted by molar-refractivity contribution is 0.0180. The molecule has 0 aliphatic carbocycles. The van der Waals surface area contributed by atoms with Crippen LogP contribution in [0.4, 0.5) is 10.5 Å². The van der Waals surface area contributed by atoms with Gasteiger partial charge in [-0.2, -0.15) is 0 Å². The minimum Gasteiger partial charge on any atom is -0.444 e. The number of piperidine rings is 1. The molecule has 36 heavy (non-hydrogen) atoms. The summed E-state index contributed by atoms with van der Waals surface area (Å²) in [6, 6.07) is 16.4. The van der Waals surface area contributed by atoms with Crippen LogP contribution in [0.3, 0.4) is 0 Å². The number of para-hydroxylation sites is 1. The van der Waals surface area contributed by atoms with E-state index in [-0.39, 0.29) is 6.09 Å². The SMILES string of the molecule is CC(C)(C)OC(=O)N1CCC(CCn2ccnc2-c2cn(-c3ccc(N)cc3)c3ccccc23)CC1. The number of imidazole rings is 1. The van der Waals surface area contributed by atoms with Gasteiger partial charge in [0.25, 0.3) is 0 Å². The number of benzene rings is 2. The highest BCUT2D eigenvalue weighted by Crippen LogP contribution is 2.32. The molecule has 7 nitrogen and oxygen atoms in total. The van der Waals surface area contributed by atoms with Gasteiger partial charge in [-0.3, -0.25) is 0 Å². The molecule has 2 aromatic heterocycles. The van der Waals surface area contributed by atoms with Gasteiger partial charge in [-0.1, -0.05) is 18.2 Å². The lowest BCUT2D eigenvalue weighted by atomic mass is 9.93. The van der Waals surface area contributed by atoms with Gasteiger partial charge in [-0.05, 0) is 76.3 Å². The zero-order chi connectivity index (χ0) is 25.3. The van der Waals surface area contributed by atoms with Crippen molar-refractivity contribution < 1.29 is 9.53 Å². The molecule has 1 aliphatic rings. The van der Waals surface area contributed by atoms with Crippen LogP contribution >= 0.6 is 0 Å². The fourth-order valence-electron chi connectivity index (χ4n) is 4.99. The van der Waals surface area contributed by atoms with Crippen LogP contribution in [0.5, 0.6) is 0 Å². The first kappa shape index (κ1) is 24.0. The van der Waals surface area contributed by atoms with Crippen LogP contribution in [0.15, 0.2) is 67.1 Å². The second kappa shape index (κ2) is 9.72. The number of rotatable bonds is 5. The zero-order valence-electron chi connectivity index (χ0n) is 21.4. The number of hydrogen-bond acceptors (Lipinski definition) is 4. The summed E-state index contributed by atoms with van der Waals surface area (Å²) in [5.41, 5.74) is 9.54. The van der Waals surface area contributed by atoms with Gasteiger partial charge in [-0.25, -0.2) is 9.78 Å². The average molecular weight is 486 g/mol. The Morgan fingerprint density at radius 2 is 1.81 bits per heavy atom. The standard InChI is InChI=1S/C29H35N5O2/c1-29(2,3)36-28(35)33-17-13-21(14-18-33)12-16-32-19-15-31-27(32)25-20-34(23-10-8-22(30)9-11-23)26-7-5-4-6-24(25)26/h4-11,15,19-21H,12-14,16-18,30H2,1-3H3. The minimum atomic E-state index is -0.456. The Balaban J connectivity index is 1.30. The molecule has 1 amide bonds. The molecule has 1 aliphatic heterocycles. The van der Waals surface area contributed by atoms with Crippen molar-refractivity contribution in [1.82, 2.24) is 19.0 Å². The molecule has 1 fully saturated rings. The van der Waals surface area contributed by atoms with E-state index in [1.165, 1.54) is 5.39 Å². The predicted molar refractivity (Wildman–Crippen MR) is 144 cm³/mol.